The number of aromatic nitrogens is 1. The van der Waals surface area contributed by atoms with Crippen molar-refractivity contribution in [1.82, 2.24) is 4.98 Å². The first-order valence-corrected chi connectivity index (χ1v) is 8.85. The van der Waals surface area contributed by atoms with Crippen LogP contribution in [0.1, 0.15) is 12.5 Å². The fraction of sp³-hybridized carbons (Fsp3) is 0.105. The van der Waals surface area contributed by atoms with E-state index in [0.717, 1.165) is 15.9 Å². The number of thioether (sulfide) groups is 1. The monoisotopic (exact) mass is 367 g/mol. The molecule has 0 bridgehead atoms. The van der Waals surface area contributed by atoms with Crippen LogP contribution >= 0.6 is 23.4 Å². The van der Waals surface area contributed by atoms with Crippen LogP contribution in [0.5, 0.6) is 0 Å². The summed E-state index contributed by atoms with van der Waals surface area (Å²) in [6, 6.07) is 18.6. The van der Waals surface area contributed by atoms with Crippen LogP contribution < -0.4 is 5.32 Å². The number of halogens is 1. The number of para-hydroxylation sites is 1. The molecule has 2 aromatic carbocycles. The van der Waals surface area contributed by atoms with Crippen molar-refractivity contribution in [2.75, 3.05) is 5.32 Å². The van der Waals surface area contributed by atoms with Crippen LogP contribution in [0.25, 0.3) is 10.9 Å². The number of fused-ring (bicyclic) bond motifs is 1. The second-order valence-electron chi connectivity index (χ2n) is 5.40. The summed E-state index contributed by atoms with van der Waals surface area (Å²) in [5, 5.41) is 13.5. The van der Waals surface area contributed by atoms with E-state index < -0.39 is 0 Å². The van der Waals surface area contributed by atoms with Gasteiger partial charge in [0.2, 0.25) is 5.91 Å². The third-order valence-corrected chi connectivity index (χ3v) is 4.95. The summed E-state index contributed by atoms with van der Waals surface area (Å²) in [6.45, 7) is 1.82. The highest BCUT2D eigenvalue weighted by atomic mass is 35.5. The molecular weight excluding hydrogens is 354 g/mol. The van der Waals surface area contributed by atoms with E-state index in [9.17, 15) is 4.79 Å². The molecule has 25 heavy (non-hydrogen) atoms. The maximum atomic E-state index is 12.4. The van der Waals surface area contributed by atoms with Crippen LogP contribution in [0.4, 0.5) is 5.69 Å². The smallest absolute Gasteiger partial charge is 0.237 e. The van der Waals surface area contributed by atoms with E-state index in [0.29, 0.717) is 16.3 Å². The molecule has 0 saturated carbocycles. The van der Waals surface area contributed by atoms with Crippen molar-refractivity contribution in [3.63, 3.8) is 0 Å². The average Bonchev–Trinajstić information content (AvgIpc) is 2.61. The lowest BCUT2D eigenvalue weighted by molar-refractivity contribution is -0.115. The molecule has 0 radical (unpaired) electrons. The molecule has 1 atom stereocenters. The molecule has 0 fully saturated rings. The number of carbonyl (C=O) groups excluding carboxylic acids is 1. The number of hydrogen-bond donors (Lipinski definition) is 1. The lowest BCUT2D eigenvalue weighted by Gasteiger charge is -2.12. The van der Waals surface area contributed by atoms with E-state index in [4.69, 9.17) is 16.9 Å². The Hall–Kier alpha value is -2.55. The minimum absolute atomic E-state index is 0.152. The van der Waals surface area contributed by atoms with Crippen molar-refractivity contribution in [2.24, 2.45) is 0 Å². The first kappa shape index (κ1) is 17.3. The SMILES string of the molecule is CC(Sc1ccc2ccccc2n1)C(=O)Nc1ccc(C#N)c(Cl)c1. The molecule has 4 nitrogen and oxygen atoms in total. The third-order valence-electron chi connectivity index (χ3n) is 3.60. The van der Waals surface area contributed by atoms with Gasteiger partial charge in [0.05, 0.1) is 26.4 Å². The van der Waals surface area contributed by atoms with Crippen LogP contribution in [0.15, 0.2) is 59.6 Å². The minimum atomic E-state index is -0.330. The molecule has 0 aliphatic rings. The molecule has 1 N–H and O–H groups in total. The number of nitriles is 1. The standard InChI is InChI=1S/C19H14ClN3OS/c1-12(19(24)22-15-8-6-14(11-21)16(20)10-15)25-18-9-7-13-4-2-3-5-17(13)23-18/h2-10,12H,1H3,(H,22,24). The first-order chi connectivity index (χ1) is 12.1. The predicted molar refractivity (Wildman–Crippen MR) is 102 cm³/mol. The number of benzene rings is 2. The zero-order chi connectivity index (χ0) is 17.8. The van der Waals surface area contributed by atoms with Gasteiger partial charge in [-0.25, -0.2) is 4.98 Å². The fourth-order valence-corrected chi connectivity index (χ4v) is 3.32. The number of anilines is 1. The zero-order valence-electron chi connectivity index (χ0n) is 13.4. The zero-order valence-corrected chi connectivity index (χ0v) is 14.9. The topological polar surface area (TPSA) is 65.8 Å². The molecule has 0 aliphatic carbocycles. The maximum absolute atomic E-state index is 12.4. The van der Waals surface area contributed by atoms with Crippen LogP contribution in [0, 0.1) is 11.3 Å². The fourth-order valence-electron chi connectivity index (χ4n) is 2.28. The van der Waals surface area contributed by atoms with Crippen LogP contribution in [0.3, 0.4) is 0 Å². The molecule has 6 heteroatoms. The van der Waals surface area contributed by atoms with E-state index >= 15 is 0 Å². The number of nitrogens with one attached hydrogen (secondary N) is 1. The molecule has 3 rings (SSSR count). The van der Waals surface area contributed by atoms with E-state index in [-0.39, 0.29) is 11.2 Å². The van der Waals surface area contributed by atoms with Crippen LogP contribution in [-0.2, 0) is 4.79 Å². The largest absolute Gasteiger partial charge is 0.325 e. The van der Waals surface area contributed by atoms with Gasteiger partial charge in [0, 0.05) is 11.1 Å². The van der Waals surface area contributed by atoms with Gasteiger partial charge in [-0.2, -0.15) is 5.26 Å². The van der Waals surface area contributed by atoms with E-state index in [1.54, 1.807) is 18.2 Å². The summed E-state index contributed by atoms with van der Waals surface area (Å²) in [7, 11) is 0. The Kier molecular flexibility index (Phi) is 5.22. The quantitative estimate of drug-likeness (QED) is 0.667. The van der Waals surface area contributed by atoms with Gasteiger partial charge in [0.25, 0.3) is 0 Å². The summed E-state index contributed by atoms with van der Waals surface area (Å²) >= 11 is 7.38. The molecule has 1 amide bonds. The number of nitrogens with zero attached hydrogens (tertiary/aromatic N) is 2. The number of amides is 1. The van der Waals surface area contributed by atoms with E-state index in [1.165, 1.54) is 11.8 Å². The summed E-state index contributed by atoms with van der Waals surface area (Å²) in [6.07, 6.45) is 0. The minimum Gasteiger partial charge on any atom is -0.325 e. The molecule has 0 aliphatic heterocycles. The molecule has 124 valence electrons. The summed E-state index contributed by atoms with van der Waals surface area (Å²) in [5.41, 5.74) is 1.84. The summed E-state index contributed by atoms with van der Waals surface area (Å²) < 4.78 is 0. The van der Waals surface area contributed by atoms with Gasteiger partial charge in [0.15, 0.2) is 0 Å². The first-order valence-electron chi connectivity index (χ1n) is 7.60. The van der Waals surface area contributed by atoms with Gasteiger partial charge in [-0.05, 0) is 37.3 Å². The second-order valence-corrected chi connectivity index (χ2v) is 7.17. The molecule has 0 spiro atoms. The highest BCUT2D eigenvalue weighted by molar-refractivity contribution is 8.00. The van der Waals surface area contributed by atoms with Gasteiger partial charge < -0.3 is 5.32 Å². The Morgan fingerprint density at radius 2 is 2.04 bits per heavy atom. The Labute approximate surface area is 154 Å². The molecule has 1 aromatic heterocycles. The number of hydrogen-bond acceptors (Lipinski definition) is 4. The Morgan fingerprint density at radius 1 is 1.24 bits per heavy atom. The van der Waals surface area contributed by atoms with Crippen LogP contribution in [0.2, 0.25) is 5.02 Å². The van der Waals surface area contributed by atoms with Gasteiger partial charge in [0.1, 0.15) is 6.07 Å². The molecule has 1 unspecified atom stereocenters. The van der Waals surface area contributed by atoms with Crippen molar-refractivity contribution in [3.05, 3.63) is 65.2 Å². The number of carbonyl (C=O) groups is 1. The van der Waals surface area contributed by atoms with E-state index in [1.807, 2.05) is 49.4 Å². The highest BCUT2D eigenvalue weighted by Crippen LogP contribution is 2.26. The van der Waals surface area contributed by atoms with Crippen molar-refractivity contribution in [3.8, 4) is 6.07 Å². The molecule has 0 saturated heterocycles. The van der Waals surface area contributed by atoms with Crippen molar-refractivity contribution < 1.29 is 4.79 Å². The normalized spacial score (nSPS) is 11.7. The van der Waals surface area contributed by atoms with Crippen LogP contribution in [-0.4, -0.2) is 16.1 Å². The Morgan fingerprint density at radius 3 is 2.80 bits per heavy atom. The Bertz CT molecular complexity index is 984. The van der Waals surface area contributed by atoms with Gasteiger partial charge in [-0.3, -0.25) is 4.79 Å². The number of rotatable bonds is 4. The number of pyridine rings is 1. The van der Waals surface area contributed by atoms with E-state index in [2.05, 4.69) is 10.3 Å². The maximum Gasteiger partial charge on any atom is 0.237 e. The highest BCUT2D eigenvalue weighted by Gasteiger charge is 2.16. The molecular formula is C19H14ClN3OS. The summed E-state index contributed by atoms with van der Waals surface area (Å²) in [5.74, 6) is -0.152. The van der Waals surface area contributed by atoms with Gasteiger partial charge in [-0.15, -0.1) is 0 Å². The van der Waals surface area contributed by atoms with Gasteiger partial charge >= 0.3 is 0 Å². The average molecular weight is 368 g/mol. The molecule has 3 aromatic rings. The lowest BCUT2D eigenvalue weighted by Crippen LogP contribution is -2.22. The molecule has 1 heterocycles. The van der Waals surface area contributed by atoms with Crippen molar-refractivity contribution in [2.45, 2.75) is 17.2 Å². The summed E-state index contributed by atoms with van der Waals surface area (Å²) in [4.78, 5) is 16.9. The van der Waals surface area contributed by atoms with Crippen molar-refractivity contribution >= 4 is 45.9 Å². The predicted octanol–water partition coefficient (Wildman–Crippen LogP) is 4.88. The lowest BCUT2D eigenvalue weighted by atomic mass is 10.2. The van der Waals surface area contributed by atoms with Gasteiger partial charge in [-0.1, -0.05) is 47.6 Å². The van der Waals surface area contributed by atoms with Crippen molar-refractivity contribution in [1.29, 1.82) is 5.26 Å². The third kappa shape index (κ3) is 4.11. The second kappa shape index (κ2) is 7.56. The Balaban J connectivity index is 1.69.